The van der Waals surface area contributed by atoms with E-state index in [9.17, 15) is 14.9 Å². The Kier molecular flexibility index (Phi) is 5.71. The van der Waals surface area contributed by atoms with Gasteiger partial charge in [-0.1, -0.05) is 17.8 Å². The van der Waals surface area contributed by atoms with Crippen molar-refractivity contribution < 1.29 is 9.72 Å². The van der Waals surface area contributed by atoms with Gasteiger partial charge in [0.2, 0.25) is 0 Å². The Bertz CT molecular complexity index is 466. The normalized spacial score (nSPS) is 21.7. The van der Waals surface area contributed by atoms with E-state index in [2.05, 4.69) is 5.32 Å². The lowest BCUT2D eigenvalue weighted by Gasteiger charge is -2.18. The van der Waals surface area contributed by atoms with Gasteiger partial charge in [-0.05, 0) is 31.4 Å². The largest absolute Gasteiger partial charge is 0.348 e. The number of carbonyl (C=O) groups excluding carboxylic acids is 1. The Morgan fingerprint density at radius 1 is 1.53 bits per heavy atom. The fourth-order valence-electron chi connectivity index (χ4n) is 2.30. The van der Waals surface area contributed by atoms with E-state index in [0.29, 0.717) is 17.3 Å². The van der Waals surface area contributed by atoms with Crippen LogP contribution in [0.3, 0.4) is 0 Å². The van der Waals surface area contributed by atoms with Gasteiger partial charge in [-0.2, -0.15) is 0 Å². The van der Waals surface area contributed by atoms with Crippen LogP contribution in [0.2, 0.25) is 0 Å². The third-order valence-corrected chi connectivity index (χ3v) is 4.31. The van der Waals surface area contributed by atoms with Crippen LogP contribution in [-0.2, 0) is 0 Å². The zero-order chi connectivity index (χ0) is 13.1. The van der Waals surface area contributed by atoms with Gasteiger partial charge in [0.1, 0.15) is 0 Å². The van der Waals surface area contributed by atoms with Crippen molar-refractivity contribution in [3.63, 3.8) is 0 Å². The summed E-state index contributed by atoms with van der Waals surface area (Å²) in [6.07, 6.45) is 3.03. The molecule has 19 heavy (non-hydrogen) atoms. The second-order valence-electron chi connectivity index (χ2n) is 4.40. The molecule has 1 saturated carbocycles. The number of amides is 1. The van der Waals surface area contributed by atoms with Gasteiger partial charge < -0.3 is 11.1 Å². The molecule has 2 rings (SSSR count). The van der Waals surface area contributed by atoms with Crippen molar-refractivity contribution in [3.05, 3.63) is 27.1 Å². The maximum atomic E-state index is 11.9. The highest BCUT2D eigenvalue weighted by Gasteiger charge is 2.28. The van der Waals surface area contributed by atoms with E-state index in [4.69, 9.17) is 5.73 Å². The molecule has 0 aromatic carbocycles. The highest BCUT2D eigenvalue weighted by Crippen LogP contribution is 2.27. The van der Waals surface area contributed by atoms with Crippen LogP contribution in [0, 0.1) is 16.0 Å². The second-order valence-corrected chi connectivity index (χ2v) is 5.46. The van der Waals surface area contributed by atoms with Gasteiger partial charge in [0.15, 0.2) is 0 Å². The molecule has 0 saturated heterocycles. The number of nitro groups is 1. The SMILES string of the molecule is Cl.NCC1CCCC1NC(=O)c1ccc([N+](=O)[O-])s1. The molecule has 106 valence electrons. The summed E-state index contributed by atoms with van der Waals surface area (Å²) in [6.45, 7) is 0.565. The van der Waals surface area contributed by atoms with E-state index in [1.807, 2.05) is 0 Å². The first kappa shape index (κ1) is 15.9. The van der Waals surface area contributed by atoms with Crippen LogP contribution in [0.15, 0.2) is 12.1 Å². The number of nitrogens with zero attached hydrogens (tertiary/aromatic N) is 1. The lowest BCUT2D eigenvalue weighted by atomic mass is 10.0. The number of rotatable bonds is 4. The van der Waals surface area contributed by atoms with Gasteiger partial charge in [0.25, 0.3) is 5.91 Å². The number of thiophene rings is 1. The molecule has 0 spiro atoms. The number of carbonyl (C=O) groups is 1. The van der Waals surface area contributed by atoms with Gasteiger partial charge in [-0.25, -0.2) is 0 Å². The first-order valence-corrected chi connectivity index (χ1v) is 6.68. The smallest absolute Gasteiger partial charge is 0.324 e. The summed E-state index contributed by atoms with van der Waals surface area (Å²) >= 11 is 0.899. The Morgan fingerprint density at radius 2 is 2.26 bits per heavy atom. The molecule has 0 bridgehead atoms. The second kappa shape index (κ2) is 6.83. The topological polar surface area (TPSA) is 98.3 Å². The summed E-state index contributed by atoms with van der Waals surface area (Å²) in [5.74, 6) is 0.0855. The summed E-state index contributed by atoms with van der Waals surface area (Å²) in [6, 6.07) is 2.95. The first-order chi connectivity index (χ1) is 8.61. The van der Waals surface area contributed by atoms with Crippen molar-refractivity contribution >= 4 is 34.7 Å². The highest BCUT2D eigenvalue weighted by molar-refractivity contribution is 7.17. The predicted octanol–water partition coefficient (Wildman–Crippen LogP) is 1.94. The molecule has 6 nitrogen and oxygen atoms in total. The average molecular weight is 306 g/mol. The fourth-order valence-corrected chi connectivity index (χ4v) is 3.02. The number of hydrogen-bond acceptors (Lipinski definition) is 5. The molecular formula is C11H16ClN3O3S. The Labute approximate surface area is 120 Å². The van der Waals surface area contributed by atoms with E-state index >= 15 is 0 Å². The van der Waals surface area contributed by atoms with Gasteiger partial charge in [-0.15, -0.1) is 12.4 Å². The van der Waals surface area contributed by atoms with Crippen molar-refractivity contribution in [2.24, 2.45) is 11.7 Å². The number of nitrogens with two attached hydrogens (primary N) is 1. The van der Waals surface area contributed by atoms with Gasteiger partial charge in [0, 0.05) is 12.1 Å². The van der Waals surface area contributed by atoms with E-state index in [1.54, 1.807) is 0 Å². The third kappa shape index (κ3) is 3.65. The zero-order valence-corrected chi connectivity index (χ0v) is 11.8. The van der Waals surface area contributed by atoms with Crippen molar-refractivity contribution in [2.75, 3.05) is 6.54 Å². The van der Waals surface area contributed by atoms with Crippen LogP contribution < -0.4 is 11.1 Å². The fraction of sp³-hybridized carbons (Fsp3) is 0.545. The minimum absolute atomic E-state index is 0. The number of hydrogen-bond donors (Lipinski definition) is 2. The maximum Gasteiger partial charge on any atom is 0.324 e. The van der Waals surface area contributed by atoms with E-state index in [0.717, 1.165) is 30.6 Å². The lowest BCUT2D eigenvalue weighted by Crippen LogP contribution is -2.39. The quantitative estimate of drug-likeness (QED) is 0.656. The molecule has 2 atom stereocenters. The summed E-state index contributed by atoms with van der Waals surface area (Å²) < 4.78 is 0. The Morgan fingerprint density at radius 3 is 2.84 bits per heavy atom. The van der Waals surface area contributed by atoms with Crippen LogP contribution >= 0.6 is 23.7 Å². The lowest BCUT2D eigenvalue weighted by molar-refractivity contribution is -0.380. The molecule has 0 aliphatic heterocycles. The minimum atomic E-state index is -0.486. The summed E-state index contributed by atoms with van der Waals surface area (Å²) in [7, 11) is 0. The molecule has 8 heteroatoms. The highest BCUT2D eigenvalue weighted by atomic mass is 35.5. The van der Waals surface area contributed by atoms with Crippen molar-refractivity contribution in [1.82, 2.24) is 5.32 Å². The third-order valence-electron chi connectivity index (χ3n) is 3.27. The molecule has 2 unspecified atom stereocenters. The maximum absolute atomic E-state index is 11.9. The van der Waals surface area contributed by atoms with Crippen LogP contribution in [-0.4, -0.2) is 23.4 Å². The molecule has 1 aromatic rings. The van der Waals surface area contributed by atoms with Crippen molar-refractivity contribution in [3.8, 4) is 0 Å². The molecule has 1 aromatic heterocycles. The summed E-state index contributed by atoms with van der Waals surface area (Å²) in [5.41, 5.74) is 5.64. The van der Waals surface area contributed by atoms with Crippen LogP contribution in [0.1, 0.15) is 28.9 Å². The van der Waals surface area contributed by atoms with E-state index < -0.39 is 4.92 Å². The minimum Gasteiger partial charge on any atom is -0.348 e. The molecule has 3 N–H and O–H groups in total. The van der Waals surface area contributed by atoms with Gasteiger partial charge >= 0.3 is 5.00 Å². The molecular weight excluding hydrogens is 290 g/mol. The van der Waals surface area contributed by atoms with Crippen LogP contribution in [0.5, 0.6) is 0 Å². The van der Waals surface area contributed by atoms with Gasteiger partial charge in [0.05, 0.1) is 9.80 Å². The average Bonchev–Trinajstić information content (AvgIpc) is 2.96. The van der Waals surface area contributed by atoms with Crippen LogP contribution in [0.25, 0.3) is 0 Å². The van der Waals surface area contributed by atoms with Crippen molar-refractivity contribution in [1.29, 1.82) is 0 Å². The number of halogens is 1. The molecule has 1 aliphatic carbocycles. The van der Waals surface area contributed by atoms with Crippen molar-refractivity contribution in [2.45, 2.75) is 25.3 Å². The molecule has 1 fully saturated rings. The van der Waals surface area contributed by atoms with Gasteiger partial charge in [-0.3, -0.25) is 14.9 Å². The van der Waals surface area contributed by atoms with E-state index in [1.165, 1.54) is 12.1 Å². The Hall–Kier alpha value is -1.18. The molecule has 1 aliphatic rings. The first-order valence-electron chi connectivity index (χ1n) is 5.87. The molecule has 1 amide bonds. The predicted molar refractivity (Wildman–Crippen MR) is 75.9 cm³/mol. The monoisotopic (exact) mass is 305 g/mol. The zero-order valence-electron chi connectivity index (χ0n) is 10.2. The molecule has 1 heterocycles. The Balaban J connectivity index is 0.00000180. The summed E-state index contributed by atoms with van der Waals surface area (Å²) in [4.78, 5) is 22.4. The van der Waals surface area contributed by atoms with E-state index in [-0.39, 0.29) is 29.4 Å². The molecule has 0 radical (unpaired) electrons. The van der Waals surface area contributed by atoms with Crippen LogP contribution in [0.4, 0.5) is 5.00 Å². The number of nitrogens with one attached hydrogen (secondary N) is 1. The standard InChI is InChI=1S/C11H15N3O3S.ClH/c12-6-7-2-1-3-8(7)13-11(15)9-4-5-10(18-9)14(16)17;/h4-5,7-8H,1-3,6,12H2,(H,13,15);1H. The summed E-state index contributed by atoms with van der Waals surface area (Å²) in [5, 5.41) is 13.5.